The van der Waals surface area contributed by atoms with E-state index in [0.717, 1.165) is 30.9 Å². The number of hydrogen-bond acceptors (Lipinski definition) is 4. The van der Waals surface area contributed by atoms with Gasteiger partial charge in [0.1, 0.15) is 11.8 Å². The van der Waals surface area contributed by atoms with Gasteiger partial charge in [0.15, 0.2) is 0 Å². The van der Waals surface area contributed by atoms with Crippen molar-refractivity contribution in [3.8, 4) is 0 Å². The summed E-state index contributed by atoms with van der Waals surface area (Å²) in [4.78, 5) is 4.32. The monoisotopic (exact) mass is 219 g/mol. The van der Waals surface area contributed by atoms with Crippen molar-refractivity contribution >= 4 is 0 Å². The molecule has 1 aliphatic rings. The Labute approximate surface area is 95.5 Å². The summed E-state index contributed by atoms with van der Waals surface area (Å²) in [5.74, 6) is 6.46. The highest BCUT2D eigenvalue weighted by atomic mass is 16.5. The van der Waals surface area contributed by atoms with Crippen LogP contribution in [-0.4, -0.2) is 11.6 Å². The van der Waals surface area contributed by atoms with Gasteiger partial charge >= 0.3 is 0 Å². The van der Waals surface area contributed by atoms with Crippen molar-refractivity contribution in [3.63, 3.8) is 0 Å². The predicted molar refractivity (Wildman–Crippen MR) is 62.3 cm³/mol. The Morgan fingerprint density at radius 2 is 2.44 bits per heavy atom. The molecule has 0 aliphatic carbocycles. The Balaban J connectivity index is 2.25. The summed E-state index contributed by atoms with van der Waals surface area (Å²) in [5.41, 5.74) is 4.83. The molecule has 1 aromatic rings. The molecule has 0 amide bonds. The first-order valence-electron chi connectivity index (χ1n) is 5.53. The highest BCUT2D eigenvalue weighted by Crippen LogP contribution is 2.24. The first kappa shape index (κ1) is 11.1. The molecule has 0 spiro atoms. The summed E-state index contributed by atoms with van der Waals surface area (Å²) in [5, 5.41) is 0. The number of pyridine rings is 1. The Kier molecular flexibility index (Phi) is 3.54. The number of rotatable bonds is 3. The summed E-state index contributed by atoms with van der Waals surface area (Å²) in [7, 11) is 0. The number of hydrogen-bond donors (Lipinski definition) is 2. The van der Waals surface area contributed by atoms with Crippen molar-refractivity contribution in [1.82, 2.24) is 10.4 Å². The summed E-state index contributed by atoms with van der Waals surface area (Å²) in [6, 6.07) is 3.84. The SMILES string of the molecule is Cc1ccnc(C(NN)C2=CCCCO2)c1. The smallest absolute Gasteiger partial charge is 0.120 e. The average Bonchev–Trinajstić information content (AvgIpc) is 2.31. The molecule has 1 atom stereocenters. The molecule has 4 heteroatoms. The molecule has 0 saturated heterocycles. The molecule has 1 aromatic heterocycles. The summed E-state index contributed by atoms with van der Waals surface area (Å²) < 4.78 is 5.60. The Morgan fingerprint density at radius 1 is 1.56 bits per heavy atom. The van der Waals surface area contributed by atoms with Crippen molar-refractivity contribution in [2.75, 3.05) is 6.61 Å². The molecule has 3 N–H and O–H groups in total. The third kappa shape index (κ3) is 2.40. The number of nitrogens with one attached hydrogen (secondary N) is 1. The summed E-state index contributed by atoms with van der Waals surface area (Å²) >= 11 is 0. The molecule has 2 heterocycles. The molecule has 86 valence electrons. The predicted octanol–water partition coefficient (Wildman–Crippen LogP) is 1.59. The molecule has 16 heavy (non-hydrogen) atoms. The van der Waals surface area contributed by atoms with Crippen molar-refractivity contribution in [3.05, 3.63) is 41.4 Å². The van der Waals surface area contributed by atoms with Crippen LogP contribution in [0.2, 0.25) is 0 Å². The van der Waals surface area contributed by atoms with E-state index in [9.17, 15) is 0 Å². The highest BCUT2D eigenvalue weighted by Gasteiger charge is 2.19. The second kappa shape index (κ2) is 5.09. The second-order valence-electron chi connectivity index (χ2n) is 3.95. The zero-order valence-electron chi connectivity index (χ0n) is 9.44. The normalized spacial score (nSPS) is 17.5. The fourth-order valence-electron chi connectivity index (χ4n) is 1.81. The van der Waals surface area contributed by atoms with Crippen molar-refractivity contribution in [2.24, 2.45) is 5.84 Å². The van der Waals surface area contributed by atoms with Gasteiger partial charge in [0.25, 0.3) is 0 Å². The van der Waals surface area contributed by atoms with Gasteiger partial charge in [0.2, 0.25) is 0 Å². The van der Waals surface area contributed by atoms with E-state index in [2.05, 4.69) is 16.5 Å². The average molecular weight is 219 g/mol. The van der Waals surface area contributed by atoms with Crippen molar-refractivity contribution < 1.29 is 4.74 Å². The van der Waals surface area contributed by atoms with E-state index in [-0.39, 0.29) is 6.04 Å². The maximum atomic E-state index is 5.60. The van der Waals surface area contributed by atoms with Gasteiger partial charge in [0.05, 0.1) is 12.3 Å². The molecule has 0 radical (unpaired) electrons. The minimum Gasteiger partial charge on any atom is -0.496 e. The zero-order valence-corrected chi connectivity index (χ0v) is 9.44. The quantitative estimate of drug-likeness (QED) is 0.598. The standard InChI is InChI=1S/C12H17N3O/c1-9-5-6-14-10(8-9)12(15-13)11-4-2-3-7-16-11/h4-6,8,12,15H,2-3,7,13H2,1H3. The van der Waals surface area contributed by atoms with Crippen LogP contribution in [0.3, 0.4) is 0 Å². The second-order valence-corrected chi connectivity index (χ2v) is 3.95. The molecular formula is C12H17N3O. The van der Waals surface area contributed by atoms with E-state index in [4.69, 9.17) is 10.6 Å². The molecule has 0 saturated carbocycles. The summed E-state index contributed by atoms with van der Waals surface area (Å²) in [6.07, 6.45) is 5.98. The summed E-state index contributed by atoms with van der Waals surface area (Å²) in [6.45, 7) is 2.80. The van der Waals surface area contributed by atoms with Gasteiger partial charge in [-0.05, 0) is 43.5 Å². The molecule has 2 rings (SSSR count). The molecule has 1 aliphatic heterocycles. The fourth-order valence-corrected chi connectivity index (χ4v) is 1.81. The van der Waals surface area contributed by atoms with E-state index in [1.54, 1.807) is 6.20 Å². The maximum Gasteiger partial charge on any atom is 0.120 e. The van der Waals surface area contributed by atoms with E-state index >= 15 is 0 Å². The Morgan fingerprint density at radius 3 is 3.06 bits per heavy atom. The van der Waals surface area contributed by atoms with Gasteiger partial charge in [-0.3, -0.25) is 10.8 Å². The van der Waals surface area contributed by atoms with Crippen molar-refractivity contribution in [1.29, 1.82) is 0 Å². The number of ether oxygens (including phenoxy) is 1. The van der Waals surface area contributed by atoms with Crippen LogP contribution >= 0.6 is 0 Å². The highest BCUT2D eigenvalue weighted by molar-refractivity contribution is 5.23. The first-order valence-corrected chi connectivity index (χ1v) is 5.53. The number of nitrogens with zero attached hydrogens (tertiary/aromatic N) is 1. The van der Waals surface area contributed by atoms with Crippen LogP contribution in [0.4, 0.5) is 0 Å². The Bertz CT molecular complexity index is 390. The topological polar surface area (TPSA) is 60.2 Å². The van der Waals surface area contributed by atoms with E-state index in [1.165, 1.54) is 5.56 Å². The van der Waals surface area contributed by atoms with Crippen molar-refractivity contribution in [2.45, 2.75) is 25.8 Å². The van der Waals surface area contributed by atoms with Gasteiger partial charge in [-0.2, -0.15) is 0 Å². The van der Waals surface area contributed by atoms with Crippen LogP contribution in [0, 0.1) is 6.92 Å². The first-order chi connectivity index (χ1) is 7.81. The van der Waals surface area contributed by atoms with Gasteiger partial charge < -0.3 is 4.74 Å². The third-order valence-corrected chi connectivity index (χ3v) is 2.65. The molecule has 0 aromatic carbocycles. The lowest BCUT2D eigenvalue weighted by Crippen LogP contribution is -2.31. The van der Waals surface area contributed by atoms with E-state index in [1.807, 2.05) is 19.1 Å². The van der Waals surface area contributed by atoms with E-state index < -0.39 is 0 Å². The number of aromatic nitrogens is 1. The lowest BCUT2D eigenvalue weighted by atomic mass is 10.1. The lowest BCUT2D eigenvalue weighted by Gasteiger charge is -2.22. The lowest BCUT2D eigenvalue weighted by molar-refractivity contribution is 0.167. The number of allylic oxidation sites excluding steroid dienone is 1. The minimum absolute atomic E-state index is 0.139. The number of nitrogens with two attached hydrogens (primary N) is 1. The van der Waals surface area contributed by atoms with E-state index in [0.29, 0.717) is 0 Å². The maximum absolute atomic E-state index is 5.60. The fraction of sp³-hybridized carbons (Fsp3) is 0.417. The van der Waals surface area contributed by atoms with Crippen LogP contribution in [-0.2, 0) is 4.74 Å². The van der Waals surface area contributed by atoms with Crippen LogP contribution in [0.5, 0.6) is 0 Å². The number of hydrazine groups is 1. The molecule has 1 unspecified atom stereocenters. The van der Waals surface area contributed by atoms with Crippen LogP contribution in [0.1, 0.15) is 30.1 Å². The van der Waals surface area contributed by atoms with Gasteiger partial charge in [-0.25, -0.2) is 5.43 Å². The van der Waals surface area contributed by atoms with Gasteiger partial charge in [0, 0.05) is 6.20 Å². The van der Waals surface area contributed by atoms with Gasteiger partial charge in [-0.15, -0.1) is 0 Å². The molecule has 0 fully saturated rings. The van der Waals surface area contributed by atoms with Crippen LogP contribution < -0.4 is 11.3 Å². The third-order valence-electron chi connectivity index (χ3n) is 2.65. The van der Waals surface area contributed by atoms with Gasteiger partial charge in [-0.1, -0.05) is 0 Å². The molecule has 4 nitrogen and oxygen atoms in total. The largest absolute Gasteiger partial charge is 0.496 e. The zero-order chi connectivity index (χ0) is 11.4. The van der Waals surface area contributed by atoms with Crippen LogP contribution in [0.15, 0.2) is 30.2 Å². The molecular weight excluding hydrogens is 202 g/mol. The molecule has 0 bridgehead atoms. The minimum atomic E-state index is -0.139. The Hall–Kier alpha value is -1.39. The number of aryl methyl sites for hydroxylation is 1. The van der Waals surface area contributed by atoms with Crippen LogP contribution in [0.25, 0.3) is 0 Å².